The first-order valence-electron chi connectivity index (χ1n) is 8.01. The van der Waals surface area contributed by atoms with Crippen molar-refractivity contribution in [1.82, 2.24) is 14.1 Å². The molecular weight excluding hydrogens is 336 g/mol. The van der Waals surface area contributed by atoms with Crippen molar-refractivity contribution in [2.75, 3.05) is 5.32 Å². The van der Waals surface area contributed by atoms with E-state index in [2.05, 4.69) is 10.3 Å². The Morgan fingerprint density at radius 2 is 2.00 bits per heavy atom. The minimum Gasteiger partial charge on any atom is -0.508 e. The molecule has 2 aromatic heterocycles. The molecule has 0 unspecified atom stereocenters. The van der Waals surface area contributed by atoms with Crippen LogP contribution in [-0.2, 0) is 18.4 Å². The summed E-state index contributed by atoms with van der Waals surface area (Å²) in [6, 6.07) is 7.49. The summed E-state index contributed by atoms with van der Waals surface area (Å²) < 4.78 is 2.79. The monoisotopic (exact) mass is 354 g/mol. The SMILES string of the molecule is Cc1cc(O)cc(=O)n1CCC(=O)Nc1ccc2ncn(C)c(=O)c2c1. The summed E-state index contributed by atoms with van der Waals surface area (Å²) in [4.78, 5) is 40.4. The Morgan fingerprint density at radius 3 is 2.73 bits per heavy atom. The molecule has 0 fully saturated rings. The molecule has 8 nitrogen and oxygen atoms in total. The zero-order valence-electron chi connectivity index (χ0n) is 14.4. The molecule has 3 rings (SSSR count). The number of hydrogen-bond acceptors (Lipinski definition) is 5. The van der Waals surface area contributed by atoms with Gasteiger partial charge >= 0.3 is 0 Å². The molecule has 0 saturated carbocycles. The number of aromatic nitrogens is 3. The number of aryl methyl sites for hydroxylation is 2. The van der Waals surface area contributed by atoms with E-state index in [1.807, 2.05) is 0 Å². The quantitative estimate of drug-likeness (QED) is 0.731. The fraction of sp³-hybridized carbons (Fsp3) is 0.222. The van der Waals surface area contributed by atoms with E-state index in [0.29, 0.717) is 22.3 Å². The number of nitrogens with one attached hydrogen (secondary N) is 1. The van der Waals surface area contributed by atoms with Crippen LogP contribution >= 0.6 is 0 Å². The molecule has 134 valence electrons. The Kier molecular flexibility index (Phi) is 4.57. The van der Waals surface area contributed by atoms with Crippen LogP contribution in [0.5, 0.6) is 5.75 Å². The second kappa shape index (κ2) is 6.83. The molecule has 0 spiro atoms. The predicted molar refractivity (Wildman–Crippen MR) is 97.3 cm³/mol. The Bertz CT molecular complexity index is 1110. The third-order valence-electron chi connectivity index (χ3n) is 4.08. The van der Waals surface area contributed by atoms with Gasteiger partial charge in [-0.3, -0.25) is 14.4 Å². The van der Waals surface area contributed by atoms with Crippen molar-refractivity contribution in [2.24, 2.45) is 7.05 Å². The summed E-state index contributed by atoms with van der Waals surface area (Å²) in [6.07, 6.45) is 1.52. The maximum absolute atomic E-state index is 12.2. The Morgan fingerprint density at radius 1 is 1.23 bits per heavy atom. The molecule has 1 aromatic carbocycles. The highest BCUT2D eigenvalue weighted by atomic mass is 16.3. The fourth-order valence-electron chi connectivity index (χ4n) is 2.72. The zero-order chi connectivity index (χ0) is 18.8. The first-order valence-corrected chi connectivity index (χ1v) is 8.01. The lowest BCUT2D eigenvalue weighted by atomic mass is 10.2. The Balaban J connectivity index is 1.75. The minimum absolute atomic E-state index is 0.0780. The van der Waals surface area contributed by atoms with Gasteiger partial charge in [-0.2, -0.15) is 0 Å². The lowest BCUT2D eigenvalue weighted by Crippen LogP contribution is -2.24. The number of pyridine rings is 1. The van der Waals surface area contributed by atoms with Gasteiger partial charge in [0, 0.05) is 37.5 Å². The van der Waals surface area contributed by atoms with Crippen LogP contribution in [0.3, 0.4) is 0 Å². The Hall–Kier alpha value is -3.42. The van der Waals surface area contributed by atoms with Crippen LogP contribution in [0.1, 0.15) is 12.1 Å². The van der Waals surface area contributed by atoms with E-state index in [-0.39, 0.29) is 35.7 Å². The van der Waals surface area contributed by atoms with E-state index >= 15 is 0 Å². The summed E-state index contributed by atoms with van der Waals surface area (Å²) in [7, 11) is 1.61. The maximum atomic E-state index is 12.2. The van der Waals surface area contributed by atoms with Gasteiger partial charge < -0.3 is 19.6 Å². The van der Waals surface area contributed by atoms with E-state index in [4.69, 9.17) is 0 Å². The van der Waals surface area contributed by atoms with Crippen LogP contribution in [0, 0.1) is 6.92 Å². The van der Waals surface area contributed by atoms with Gasteiger partial charge in [0.1, 0.15) is 5.75 Å². The number of hydrogen-bond donors (Lipinski definition) is 2. The van der Waals surface area contributed by atoms with Crippen LogP contribution in [0.25, 0.3) is 10.9 Å². The molecule has 0 bridgehead atoms. The van der Waals surface area contributed by atoms with Crippen LogP contribution < -0.4 is 16.4 Å². The maximum Gasteiger partial charge on any atom is 0.260 e. The topological polar surface area (TPSA) is 106 Å². The van der Waals surface area contributed by atoms with E-state index in [9.17, 15) is 19.5 Å². The number of anilines is 1. The van der Waals surface area contributed by atoms with E-state index in [1.165, 1.54) is 21.5 Å². The van der Waals surface area contributed by atoms with Gasteiger partial charge in [0.15, 0.2) is 0 Å². The summed E-state index contributed by atoms with van der Waals surface area (Å²) in [5.74, 6) is -0.385. The van der Waals surface area contributed by atoms with Crippen molar-refractivity contribution >= 4 is 22.5 Å². The number of amides is 1. The lowest BCUT2D eigenvalue weighted by molar-refractivity contribution is -0.116. The highest BCUT2D eigenvalue weighted by Gasteiger charge is 2.09. The number of nitrogens with zero attached hydrogens (tertiary/aromatic N) is 3. The molecule has 2 heterocycles. The molecule has 0 aliphatic carbocycles. The predicted octanol–water partition coefficient (Wildman–Crippen LogP) is 1.14. The number of carbonyl (C=O) groups is 1. The smallest absolute Gasteiger partial charge is 0.260 e. The number of aromatic hydroxyl groups is 1. The average molecular weight is 354 g/mol. The number of fused-ring (bicyclic) bond motifs is 1. The van der Waals surface area contributed by atoms with E-state index in [0.717, 1.165) is 6.07 Å². The molecule has 3 aromatic rings. The van der Waals surface area contributed by atoms with Gasteiger partial charge in [-0.1, -0.05) is 0 Å². The summed E-state index contributed by atoms with van der Waals surface area (Å²) in [5, 5.41) is 12.5. The lowest BCUT2D eigenvalue weighted by Gasteiger charge is -2.10. The van der Waals surface area contributed by atoms with Crippen molar-refractivity contribution in [3.8, 4) is 5.75 Å². The second-order valence-electron chi connectivity index (χ2n) is 6.04. The highest BCUT2D eigenvalue weighted by molar-refractivity contribution is 5.93. The number of rotatable bonds is 4. The van der Waals surface area contributed by atoms with Gasteiger partial charge in [0.2, 0.25) is 5.91 Å². The van der Waals surface area contributed by atoms with E-state index in [1.54, 1.807) is 32.2 Å². The van der Waals surface area contributed by atoms with Crippen molar-refractivity contribution in [3.05, 3.63) is 63.1 Å². The molecular formula is C18H18N4O4. The summed E-state index contributed by atoms with van der Waals surface area (Å²) in [6.45, 7) is 1.87. The van der Waals surface area contributed by atoms with Crippen LogP contribution in [0.15, 0.2) is 46.2 Å². The summed E-state index contributed by atoms with van der Waals surface area (Å²) in [5.41, 5.74) is 1.05. The van der Waals surface area contributed by atoms with Gasteiger partial charge in [-0.05, 0) is 31.2 Å². The number of carbonyl (C=O) groups excluding carboxylic acids is 1. The molecule has 0 atom stereocenters. The zero-order valence-corrected chi connectivity index (χ0v) is 14.4. The minimum atomic E-state index is -0.365. The number of benzene rings is 1. The largest absolute Gasteiger partial charge is 0.508 e. The standard InChI is InChI=1S/C18H18N4O4/c1-11-7-13(23)9-17(25)22(11)6-5-16(24)20-12-3-4-15-14(8-12)18(26)21(2)10-19-15/h3-4,7-10,23H,5-6H2,1-2H3,(H,20,24). The van der Waals surface area contributed by atoms with Crippen LogP contribution in [0.2, 0.25) is 0 Å². The molecule has 0 aliphatic heterocycles. The first kappa shape index (κ1) is 17.4. The molecule has 8 heteroatoms. The Labute approximate surface area is 148 Å². The van der Waals surface area contributed by atoms with Gasteiger partial charge in [0.25, 0.3) is 11.1 Å². The van der Waals surface area contributed by atoms with E-state index < -0.39 is 0 Å². The molecule has 1 amide bonds. The normalized spacial score (nSPS) is 10.8. The summed E-state index contributed by atoms with van der Waals surface area (Å²) >= 11 is 0. The van der Waals surface area contributed by atoms with Crippen molar-refractivity contribution in [2.45, 2.75) is 19.9 Å². The highest BCUT2D eigenvalue weighted by Crippen LogP contribution is 2.15. The van der Waals surface area contributed by atoms with Crippen LogP contribution in [-0.4, -0.2) is 25.1 Å². The van der Waals surface area contributed by atoms with Gasteiger partial charge in [-0.25, -0.2) is 4.98 Å². The third-order valence-corrected chi connectivity index (χ3v) is 4.08. The second-order valence-corrected chi connectivity index (χ2v) is 6.04. The third kappa shape index (κ3) is 3.49. The van der Waals surface area contributed by atoms with Gasteiger partial charge in [0.05, 0.1) is 17.2 Å². The molecule has 2 N–H and O–H groups in total. The fourth-order valence-corrected chi connectivity index (χ4v) is 2.72. The average Bonchev–Trinajstić information content (AvgIpc) is 2.57. The van der Waals surface area contributed by atoms with Crippen molar-refractivity contribution in [3.63, 3.8) is 0 Å². The van der Waals surface area contributed by atoms with Crippen LogP contribution in [0.4, 0.5) is 5.69 Å². The van der Waals surface area contributed by atoms with Gasteiger partial charge in [-0.15, -0.1) is 0 Å². The molecule has 0 aliphatic rings. The van der Waals surface area contributed by atoms with Crippen molar-refractivity contribution < 1.29 is 9.90 Å². The molecule has 0 saturated heterocycles. The molecule has 0 radical (unpaired) electrons. The first-order chi connectivity index (χ1) is 12.3. The van der Waals surface area contributed by atoms with Crippen molar-refractivity contribution in [1.29, 1.82) is 0 Å². The molecule has 26 heavy (non-hydrogen) atoms.